The summed E-state index contributed by atoms with van der Waals surface area (Å²) in [4.78, 5) is 30.2. The van der Waals surface area contributed by atoms with Crippen LogP contribution in [-0.4, -0.2) is 30.4 Å². The maximum Gasteiger partial charge on any atom is 0.240 e. The number of hydrogen-bond donors (Lipinski definition) is 1. The summed E-state index contributed by atoms with van der Waals surface area (Å²) in [5, 5.41) is 3.63. The monoisotopic (exact) mass is 523 g/mol. The number of carbonyl (C=O) groups is 1. The van der Waals surface area contributed by atoms with Gasteiger partial charge in [-0.1, -0.05) is 41.4 Å². The van der Waals surface area contributed by atoms with Crippen LogP contribution in [0, 0.1) is 20.8 Å². The van der Waals surface area contributed by atoms with Gasteiger partial charge in [-0.2, -0.15) is 0 Å². The highest BCUT2D eigenvalue weighted by Crippen LogP contribution is 2.24. The van der Waals surface area contributed by atoms with Crippen LogP contribution in [0.15, 0.2) is 75.4 Å². The van der Waals surface area contributed by atoms with Crippen LogP contribution >= 0.6 is 11.6 Å². The van der Waals surface area contributed by atoms with Crippen molar-refractivity contribution >= 4 is 38.4 Å². The fourth-order valence-corrected chi connectivity index (χ4v) is 5.79. The molecule has 7 nitrogen and oxygen atoms in total. The minimum Gasteiger partial charge on any atom is -0.354 e. The molecular formula is C27H26ClN3O4S. The van der Waals surface area contributed by atoms with Crippen molar-refractivity contribution in [3.63, 3.8) is 0 Å². The third kappa shape index (κ3) is 5.34. The van der Waals surface area contributed by atoms with Crippen molar-refractivity contribution in [2.24, 2.45) is 0 Å². The molecule has 0 radical (unpaired) electrons. The van der Waals surface area contributed by atoms with Crippen molar-refractivity contribution in [3.05, 3.63) is 98.4 Å². The maximum atomic E-state index is 13.5. The fourth-order valence-electron chi connectivity index (χ4n) is 4.07. The highest BCUT2D eigenvalue weighted by molar-refractivity contribution is 7.91. The summed E-state index contributed by atoms with van der Waals surface area (Å²) in [6.07, 6.45) is 1.84. The largest absolute Gasteiger partial charge is 0.354 e. The Balaban J connectivity index is 1.68. The van der Waals surface area contributed by atoms with E-state index in [0.29, 0.717) is 29.2 Å². The molecule has 0 aliphatic carbocycles. The van der Waals surface area contributed by atoms with E-state index in [9.17, 15) is 18.0 Å². The number of benzene rings is 2. The SMILES string of the molecule is Cc1ccc(S(=O)(=O)c2cn(CC(=O)NCCc3ccc(Cl)cc3)c3nc(C)ccc3c2=O)c(C)c1. The van der Waals surface area contributed by atoms with Crippen molar-refractivity contribution < 1.29 is 13.2 Å². The fraction of sp³-hybridized carbons (Fsp3) is 0.222. The molecule has 0 saturated carbocycles. The molecule has 0 fully saturated rings. The number of nitrogens with zero attached hydrogens (tertiary/aromatic N) is 2. The average molecular weight is 524 g/mol. The molecule has 36 heavy (non-hydrogen) atoms. The molecule has 0 saturated heterocycles. The summed E-state index contributed by atoms with van der Waals surface area (Å²) in [5.41, 5.74) is 2.74. The second-order valence-corrected chi connectivity index (χ2v) is 11.1. The Hall–Kier alpha value is -3.49. The first-order valence-corrected chi connectivity index (χ1v) is 13.3. The van der Waals surface area contributed by atoms with Crippen LogP contribution in [0.2, 0.25) is 5.02 Å². The Morgan fingerprint density at radius 3 is 2.42 bits per heavy atom. The predicted octanol–water partition coefficient (Wildman–Crippen LogP) is 4.17. The maximum absolute atomic E-state index is 13.5. The Morgan fingerprint density at radius 2 is 1.72 bits per heavy atom. The molecule has 0 unspecified atom stereocenters. The van der Waals surface area contributed by atoms with Crippen LogP contribution in [-0.2, 0) is 27.6 Å². The topological polar surface area (TPSA) is 98.1 Å². The van der Waals surface area contributed by atoms with Gasteiger partial charge in [0, 0.05) is 23.5 Å². The van der Waals surface area contributed by atoms with Crippen molar-refractivity contribution in [2.45, 2.75) is 43.5 Å². The van der Waals surface area contributed by atoms with E-state index in [1.165, 1.54) is 16.8 Å². The number of pyridine rings is 2. The first-order valence-electron chi connectivity index (χ1n) is 11.4. The lowest BCUT2D eigenvalue weighted by atomic mass is 10.1. The van der Waals surface area contributed by atoms with Gasteiger partial charge in [-0.25, -0.2) is 13.4 Å². The number of hydrogen-bond acceptors (Lipinski definition) is 5. The van der Waals surface area contributed by atoms with E-state index < -0.39 is 15.3 Å². The van der Waals surface area contributed by atoms with Gasteiger partial charge in [0.15, 0.2) is 0 Å². The van der Waals surface area contributed by atoms with Gasteiger partial charge in [-0.15, -0.1) is 0 Å². The molecule has 9 heteroatoms. The quantitative estimate of drug-likeness (QED) is 0.392. The number of rotatable bonds is 7. The Labute approximate surface area is 214 Å². The lowest BCUT2D eigenvalue weighted by molar-refractivity contribution is -0.121. The second-order valence-electron chi connectivity index (χ2n) is 8.77. The highest BCUT2D eigenvalue weighted by Gasteiger charge is 2.26. The molecule has 0 bridgehead atoms. The van der Waals surface area contributed by atoms with Gasteiger partial charge in [0.05, 0.1) is 10.3 Å². The minimum absolute atomic E-state index is 0.0589. The van der Waals surface area contributed by atoms with Gasteiger partial charge in [0.25, 0.3) is 0 Å². The molecule has 0 spiro atoms. The summed E-state index contributed by atoms with van der Waals surface area (Å²) in [7, 11) is -4.14. The number of aromatic nitrogens is 2. The van der Waals surface area contributed by atoms with Gasteiger partial charge in [0.1, 0.15) is 17.1 Å². The molecule has 4 rings (SSSR count). The van der Waals surface area contributed by atoms with E-state index in [1.807, 2.05) is 19.1 Å². The molecule has 4 aromatic rings. The number of aryl methyl sites for hydroxylation is 3. The van der Waals surface area contributed by atoms with Crippen LogP contribution in [0.4, 0.5) is 0 Å². The van der Waals surface area contributed by atoms with Gasteiger partial charge in [0.2, 0.25) is 21.2 Å². The Bertz CT molecular complexity index is 1630. The van der Waals surface area contributed by atoms with E-state index in [1.54, 1.807) is 50.2 Å². The normalized spacial score (nSPS) is 11.6. The van der Waals surface area contributed by atoms with E-state index in [4.69, 9.17) is 11.6 Å². The Morgan fingerprint density at radius 1 is 1.00 bits per heavy atom. The molecule has 2 aromatic carbocycles. The highest BCUT2D eigenvalue weighted by atomic mass is 35.5. The van der Waals surface area contributed by atoms with E-state index >= 15 is 0 Å². The third-order valence-electron chi connectivity index (χ3n) is 5.90. The zero-order chi connectivity index (χ0) is 26.0. The minimum atomic E-state index is -4.14. The summed E-state index contributed by atoms with van der Waals surface area (Å²) in [6.45, 7) is 5.52. The first-order chi connectivity index (χ1) is 17.1. The zero-order valence-electron chi connectivity index (χ0n) is 20.2. The van der Waals surface area contributed by atoms with Crippen LogP contribution in [0.25, 0.3) is 11.0 Å². The second kappa shape index (κ2) is 10.2. The number of nitrogens with one attached hydrogen (secondary N) is 1. The molecule has 0 aliphatic rings. The van der Waals surface area contributed by atoms with Crippen LogP contribution in [0.3, 0.4) is 0 Å². The molecule has 1 amide bonds. The molecule has 186 valence electrons. The summed E-state index contributed by atoms with van der Waals surface area (Å²) in [6, 6.07) is 15.5. The van der Waals surface area contributed by atoms with Crippen molar-refractivity contribution in [1.82, 2.24) is 14.9 Å². The van der Waals surface area contributed by atoms with Crippen LogP contribution in [0.1, 0.15) is 22.4 Å². The van der Waals surface area contributed by atoms with Gasteiger partial charge in [-0.05, 0) is 68.7 Å². The van der Waals surface area contributed by atoms with E-state index in [0.717, 1.165) is 11.1 Å². The van der Waals surface area contributed by atoms with E-state index in [-0.39, 0.29) is 33.3 Å². The third-order valence-corrected chi connectivity index (χ3v) is 8.06. The molecule has 0 aliphatic heterocycles. The molecule has 0 atom stereocenters. The number of fused-ring (bicyclic) bond motifs is 1. The first kappa shape index (κ1) is 25.6. The van der Waals surface area contributed by atoms with Crippen molar-refractivity contribution in [1.29, 1.82) is 0 Å². The van der Waals surface area contributed by atoms with Gasteiger partial charge < -0.3 is 9.88 Å². The summed E-state index contributed by atoms with van der Waals surface area (Å²) >= 11 is 5.91. The number of carbonyl (C=O) groups excluding carboxylic acids is 1. The van der Waals surface area contributed by atoms with Gasteiger partial charge in [-0.3, -0.25) is 9.59 Å². The van der Waals surface area contributed by atoms with Crippen LogP contribution < -0.4 is 10.7 Å². The van der Waals surface area contributed by atoms with Crippen molar-refractivity contribution in [3.8, 4) is 0 Å². The lowest BCUT2D eigenvalue weighted by Gasteiger charge is -2.15. The smallest absolute Gasteiger partial charge is 0.240 e. The zero-order valence-corrected chi connectivity index (χ0v) is 21.8. The summed E-state index contributed by atoms with van der Waals surface area (Å²) < 4.78 is 28.5. The molecule has 2 aromatic heterocycles. The molecular weight excluding hydrogens is 498 g/mol. The summed E-state index contributed by atoms with van der Waals surface area (Å²) in [5.74, 6) is -0.327. The van der Waals surface area contributed by atoms with Crippen LogP contribution in [0.5, 0.6) is 0 Å². The number of halogens is 1. The average Bonchev–Trinajstić information content (AvgIpc) is 2.81. The van der Waals surface area contributed by atoms with Crippen molar-refractivity contribution in [2.75, 3.05) is 6.54 Å². The number of sulfone groups is 1. The number of amides is 1. The lowest BCUT2D eigenvalue weighted by Crippen LogP contribution is -2.31. The molecule has 2 heterocycles. The molecule has 1 N–H and O–H groups in total. The van der Waals surface area contributed by atoms with Gasteiger partial charge >= 0.3 is 0 Å². The predicted molar refractivity (Wildman–Crippen MR) is 140 cm³/mol. The Kier molecular flexibility index (Phi) is 7.28. The van der Waals surface area contributed by atoms with E-state index in [2.05, 4.69) is 10.3 Å². The standard InChI is InChI=1S/C27H26ClN3O4S/c1-17-4-11-23(18(2)14-17)36(34,35)24-15-31(27-22(26(24)33)10-5-19(3)30-27)16-25(32)29-13-12-20-6-8-21(28)9-7-20/h4-11,14-15H,12-13,16H2,1-3H3,(H,29,32).